The summed E-state index contributed by atoms with van der Waals surface area (Å²) in [4.78, 5) is 30.5. The molecule has 0 aliphatic carbocycles. The van der Waals surface area contributed by atoms with Gasteiger partial charge in [-0.2, -0.15) is 0 Å². The topological polar surface area (TPSA) is 59.1 Å². The summed E-state index contributed by atoms with van der Waals surface area (Å²) in [5, 5.41) is 0. The number of nitrogens with zero attached hydrogens (tertiary/aromatic N) is 2. The Morgan fingerprint density at radius 2 is 1.71 bits per heavy atom. The minimum absolute atomic E-state index is 0.0741. The maximum atomic E-state index is 13.3. The predicted molar refractivity (Wildman–Crippen MR) is 104 cm³/mol. The molecule has 0 aromatic heterocycles. The number of rotatable bonds is 6. The van der Waals surface area contributed by atoms with Crippen LogP contribution in [0.25, 0.3) is 0 Å². The molecule has 3 saturated heterocycles. The van der Waals surface area contributed by atoms with E-state index in [0.717, 1.165) is 57.5 Å². The molecule has 1 aromatic carbocycles. The fourth-order valence-electron chi connectivity index (χ4n) is 4.83. The number of hydrogen-bond acceptors (Lipinski definition) is 5. The summed E-state index contributed by atoms with van der Waals surface area (Å²) in [5.74, 6) is -1.08. The summed E-state index contributed by atoms with van der Waals surface area (Å²) in [6.45, 7) is 6.78. The van der Waals surface area contributed by atoms with E-state index in [-0.39, 0.29) is 36.6 Å². The standard InChI is InChI=1S/C22H30N2O4/c1-2-10-23-11-13-24(14-12-23)21(25)19-17-8-9-18(28-17)20(19)22(26)27-15-16-6-4-3-5-7-16/h3-7,17-20H,2,8-15H2,1H3/t17-,18+,19?,20?/m0/s1. The highest BCUT2D eigenvalue weighted by Gasteiger charge is 2.57. The zero-order valence-corrected chi connectivity index (χ0v) is 16.6. The van der Waals surface area contributed by atoms with Crippen molar-refractivity contribution in [1.82, 2.24) is 9.80 Å². The third-order valence-electron chi connectivity index (χ3n) is 6.28. The van der Waals surface area contributed by atoms with Crippen molar-refractivity contribution in [2.24, 2.45) is 11.8 Å². The lowest BCUT2D eigenvalue weighted by atomic mass is 9.78. The Balaban J connectivity index is 1.39. The van der Waals surface area contributed by atoms with Gasteiger partial charge in [0.15, 0.2) is 0 Å². The molecule has 4 atom stereocenters. The van der Waals surface area contributed by atoms with Gasteiger partial charge in [0.05, 0.1) is 24.0 Å². The number of amides is 1. The number of esters is 1. The van der Waals surface area contributed by atoms with Gasteiger partial charge in [0, 0.05) is 26.2 Å². The van der Waals surface area contributed by atoms with Crippen LogP contribution in [0.15, 0.2) is 30.3 Å². The molecule has 6 heteroatoms. The van der Waals surface area contributed by atoms with Crippen molar-refractivity contribution in [3.8, 4) is 0 Å². The van der Waals surface area contributed by atoms with Crippen LogP contribution in [0.4, 0.5) is 0 Å². The molecule has 3 aliphatic rings. The summed E-state index contributed by atoms with van der Waals surface area (Å²) in [6.07, 6.45) is 2.51. The van der Waals surface area contributed by atoms with E-state index in [9.17, 15) is 9.59 Å². The Hall–Kier alpha value is -1.92. The molecule has 0 spiro atoms. The van der Waals surface area contributed by atoms with Crippen LogP contribution in [0.5, 0.6) is 0 Å². The number of fused-ring (bicyclic) bond motifs is 2. The van der Waals surface area contributed by atoms with Gasteiger partial charge in [0.2, 0.25) is 5.91 Å². The van der Waals surface area contributed by atoms with Crippen LogP contribution < -0.4 is 0 Å². The highest BCUT2D eigenvalue weighted by Crippen LogP contribution is 2.45. The fraction of sp³-hybridized carbons (Fsp3) is 0.636. The highest BCUT2D eigenvalue weighted by molar-refractivity contribution is 5.87. The molecule has 4 rings (SSSR count). The first kappa shape index (κ1) is 19.4. The normalized spacial score (nSPS) is 29.8. The van der Waals surface area contributed by atoms with Crippen molar-refractivity contribution in [3.63, 3.8) is 0 Å². The second-order valence-electron chi connectivity index (χ2n) is 8.10. The fourth-order valence-corrected chi connectivity index (χ4v) is 4.83. The number of carbonyl (C=O) groups is 2. The third-order valence-corrected chi connectivity index (χ3v) is 6.28. The van der Waals surface area contributed by atoms with Crippen LogP contribution in [0.2, 0.25) is 0 Å². The van der Waals surface area contributed by atoms with Crippen LogP contribution in [0.3, 0.4) is 0 Å². The van der Waals surface area contributed by atoms with Gasteiger partial charge in [0.1, 0.15) is 6.61 Å². The Bertz CT molecular complexity index is 687. The van der Waals surface area contributed by atoms with E-state index in [1.54, 1.807) is 0 Å². The average Bonchev–Trinajstić information content (AvgIpc) is 3.35. The lowest BCUT2D eigenvalue weighted by Crippen LogP contribution is -2.53. The van der Waals surface area contributed by atoms with Crippen molar-refractivity contribution in [2.45, 2.75) is 45.0 Å². The first-order valence-corrected chi connectivity index (χ1v) is 10.5. The number of hydrogen-bond donors (Lipinski definition) is 0. The summed E-state index contributed by atoms with van der Waals surface area (Å²) in [6, 6.07) is 9.65. The number of piperazine rings is 1. The quantitative estimate of drug-likeness (QED) is 0.701. The molecule has 2 unspecified atom stereocenters. The van der Waals surface area contributed by atoms with E-state index in [1.807, 2.05) is 35.2 Å². The second-order valence-corrected chi connectivity index (χ2v) is 8.10. The van der Waals surface area contributed by atoms with Crippen molar-refractivity contribution < 1.29 is 19.1 Å². The average molecular weight is 386 g/mol. The van der Waals surface area contributed by atoms with E-state index in [1.165, 1.54) is 0 Å². The minimum Gasteiger partial charge on any atom is -0.461 e. The first-order valence-electron chi connectivity index (χ1n) is 10.5. The molecule has 6 nitrogen and oxygen atoms in total. The SMILES string of the molecule is CCCN1CCN(C(=O)C2C(C(=O)OCc3ccccc3)[C@H]3CC[C@@H]2O3)CC1. The molecular formula is C22H30N2O4. The van der Waals surface area contributed by atoms with Gasteiger partial charge in [-0.3, -0.25) is 14.5 Å². The number of ether oxygens (including phenoxy) is 2. The lowest BCUT2D eigenvalue weighted by Gasteiger charge is -2.37. The summed E-state index contributed by atoms with van der Waals surface area (Å²) >= 11 is 0. The highest BCUT2D eigenvalue weighted by atomic mass is 16.5. The number of benzene rings is 1. The molecule has 28 heavy (non-hydrogen) atoms. The zero-order valence-electron chi connectivity index (χ0n) is 16.6. The summed E-state index contributed by atoms with van der Waals surface area (Å²) < 4.78 is 11.6. The molecular weight excluding hydrogens is 356 g/mol. The van der Waals surface area contributed by atoms with E-state index in [2.05, 4.69) is 11.8 Å². The lowest BCUT2D eigenvalue weighted by molar-refractivity contribution is -0.157. The Morgan fingerprint density at radius 1 is 1.04 bits per heavy atom. The molecule has 3 aliphatic heterocycles. The van der Waals surface area contributed by atoms with Gasteiger partial charge in [-0.05, 0) is 31.4 Å². The van der Waals surface area contributed by atoms with E-state index >= 15 is 0 Å². The molecule has 3 heterocycles. The molecule has 2 bridgehead atoms. The maximum absolute atomic E-state index is 13.3. The van der Waals surface area contributed by atoms with Gasteiger partial charge in [0.25, 0.3) is 0 Å². The second kappa shape index (κ2) is 8.62. The van der Waals surface area contributed by atoms with Crippen LogP contribution >= 0.6 is 0 Å². The van der Waals surface area contributed by atoms with Crippen molar-refractivity contribution in [2.75, 3.05) is 32.7 Å². The van der Waals surface area contributed by atoms with Crippen LogP contribution in [-0.4, -0.2) is 66.6 Å². The van der Waals surface area contributed by atoms with Crippen molar-refractivity contribution in [1.29, 1.82) is 0 Å². The molecule has 1 amide bonds. The van der Waals surface area contributed by atoms with Crippen molar-refractivity contribution in [3.05, 3.63) is 35.9 Å². The Kier molecular flexibility index (Phi) is 5.97. The first-order chi connectivity index (χ1) is 13.7. The molecule has 0 radical (unpaired) electrons. The zero-order chi connectivity index (χ0) is 19.5. The van der Waals surface area contributed by atoms with Gasteiger partial charge < -0.3 is 14.4 Å². The van der Waals surface area contributed by atoms with Crippen molar-refractivity contribution >= 4 is 11.9 Å². The number of carbonyl (C=O) groups excluding carboxylic acids is 2. The monoisotopic (exact) mass is 386 g/mol. The Morgan fingerprint density at radius 3 is 2.39 bits per heavy atom. The molecule has 152 valence electrons. The third kappa shape index (κ3) is 3.94. The molecule has 0 N–H and O–H groups in total. The van der Waals surface area contributed by atoms with E-state index in [4.69, 9.17) is 9.47 Å². The largest absolute Gasteiger partial charge is 0.461 e. The smallest absolute Gasteiger partial charge is 0.312 e. The van der Waals surface area contributed by atoms with Gasteiger partial charge >= 0.3 is 5.97 Å². The minimum atomic E-state index is -0.469. The Labute approximate surface area is 166 Å². The molecule has 0 saturated carbocycles. The van der Waals surface area contributed by atoms with Gasteiger partial charge in [-0.25, -0.2) is 0 Å². The van der Waals surface area contributed by atoms with Gasteiger partial charge in [-0.15, -0.1) is 0 Å². The van der Waals surface area contributed by atoms with E-state index in [0.29, 0.717) is 0 Å². The van der Waals surface area contributed by atoms with Gasteiger partial charge in [-0.1, -0.05) is 37.3 Å². The van der Waals surface area contributed by atoms with Crippen LogP contribution in [0, 0.1) is 11.8 Å². The molecule has 3 fully saturated rings. The summed E-state index contributed by atoms with van der Waals surface area (Å²) in [7, 11) is 0. The molecule has 1 aromatic rings. The summed E-state index contributed by atoms with van der Waals surface area (Å²) in [5.41, 5.74) is 0.954. The van der Waals surface area contributed by atoms with Crippen LogP contribution in [-0.2, 0) is 25.7 Å². The van der Waals surface area contributed by atoms with Crippen LogP contribution in [0.1, 0.15) is 31.7 Å². The van der Waals surface area contributed by atoms with E-state index < -0.39 is 5.92 Å². The maximum Gasteiger partial charge on any atom is 0.312 e. The predicted octanol–water partition coefficient (Wildman–Crippen LogP) is 2.08.